The van der Waals surface area contributed by atoms with Crippen molar-refractivity contribution >= 4 is 23.6 Å². The molecule has 0 unspecified atom stereocenters. The molecule has 1 N–H and O–H groups in total. The summed E-state index contributed by atoms with van der Waals surface area (Å²) in [6.45, 7) is 6.25. The Morgan fingerprint density at radius 2 is 1.96 bits per heavy atom. The zero-order valence-corrected chi connectivity index (χ0v) is 15.7. The second-order valence-electron chi connectivity index (χ2n) is 7.07. The molecule has 0 saturated carbocycles. The van der Waals surface area contributed by atoms with Crippen LogP contribution in [0.4, 0.5) is 0 Å². The van der Waals surface area contributed by atoms with Gasteiger partial charge in [-0.05, 0) is 43.0 Å². The number of amides is 2. The van der Waals surface area contributed by atoms with Crippen LogP contribution in [0.15, 0.2) is 24.3 Å². The molecular formula is C19H27N3O2S. The first-order valence-corrected chi connectivity index (χ1v) is 10.2. The SMILES string of the molecule is CC1CCN(Cc2ccccc2CNC(=O)CN2CSCC2=O)CC1. The van der Waals surface area contributed by atoms with E-state index in [1.54, 1.807) is 16.7 Å². The summed E-state index contributed by atoms with van der Waals surface area (Å²) in [5, 5.41) is 2.97. The lowest BCUT2D eigenvalue weighted by Crippen LogP contribution is -2.38. The second kappa shape index (κ2) is 8.72. The first-order chi connectivity index (χ1) is 12.1. The Bertz CT molecular complexity index is 614. The number of carbonyl (C=O) groups is 2. The maximum atomic E-state index is 12.1. The molecule has 2 saturated heterocycles. The van der Waals surface area contributed by atoms with Gasteiger partial charge in [0.1, 0.15) is 6.54 Å². The van der Waals surface area contributed by atoms with Crippen LogP contribution in [-0.2, 0) is 22.7 Å². The topological polar surface area (TPSA) is 52.7 Å². The van der Waals surface area contributed by atoms with E-state index in [1.807, 2.05) is 6.07 Å². The lowest BCUT2D eigenvalue weighted by molar-refractivity contribution is -0.132. The van der Waals surface area contributed by atoms with Crippen molar-refractivity contribution in [2.24, 2.45) is 5.92 Å². The molecule has 5 nitrogen and oxygen atoms in total. The molecule has 136 valence electrons. The number of hydrogen-bond donors (Lipinski definition) is 1. The van der Waals surface area contributed by atoms with Gasteiger partial charge in [0.2, 0.25) is 11.8 Å². The van der Waals surface area contributed by atoms with Gasteiger partial charge < -0.3 is 10.2 Å². The Kier molecular flexibility index (Phi) is 6.37. The van der Waals surface area contributed by atoms with E-state index in [1.165, 1.54) is 18.4 Å². The van der Waals surface area contributed by atoms with Crippen molar-refractivity contribution in [2.45, 2.75) is 32.9 Å². The number of thioether (sulfide) groups is 1. The molecule has 1 aromatic rings. The minimum absolute atomic E-state index is 0.0554. The van der Waals surface area contributed by atoms with Crippen molar-refractivity contribution in [3.63, 3.8) is 0 Å². The highest BCUT2D eigenvalue weighted by Crippen LogP contribution is 2.20. The normalized spacial score (nSPS) is 19.4. The fraction of sp³-hybridized carbons (Fsp3) is 0.579. The molecule has 3 rings (SSSR count). The smallest absolute Gasteiger partial charge is 0.239 e. The summed E-state index contributed by atoms with van der Waals surface area (Å²) in [5.74, 6) is 1.91. The third-order valence-corrected chi connectivity index (χ3v) is 5.97. The van der Waals surface area contributed by atoms with Crippen molar-refractivity contribution in [1.82, 2.24) is 15.1 Å². The lowest BCUT2D eigenvalue weighted by Gasteiger charge is -2.30. The summed E-state index contributed by atoms with van der Waals surface area (Å²) in [4.78, 5) is 27.8. The minimum Gasteiger partial charge on any atom is -0.350 e. The van der Waals surface area contributed by atoms with Crippen molar-refractivity contribution in [2.75, 3.05) is 31.3 Å². The second-order valence-corrected chi connectivity index (χ2v) is 8.03. The molecule has 2 fully saturated rings. The number of hydrogen-bond acceptors (Lipinski definition) is 4. The van der Waals surface area contributed by atoms with Gasteiger partial charge in [0.15, 0.2) is 0 Å². The van der Waals surface area contributed by atoms with E-state index in [2.05, 4.69) is 35.3 Å². The molecule has 0 aromatic heterocycles. The highest BCUT2D eigenvalue weighted by molar-refractivity contribution is 8.00. The summed E-state index contributed by atoms with van der Waals surface area (Å²) in [6.07, 6.45) is 2.53. The number of nitrogens with zero attached hydrogens (tertiary/aromatic N) is 2. The van der Waals surface area contributed by atoms with Crippen LogP contribution in [-0.4, -0.2) is 52.9 Å². The Labute approximate surface area is 154 Å². The average Bonchev–Trinajstić information content (AvgIpc) is 3.01. The van der Waals surface area contributed by atoms with Crippen molar-refractivity contribution in [3.8, 4) is 0 Å². The fourth-order valence-corrected chi connectivity index (χ4v) is 4.21. The number of rotatable bonds is 6. The number of piperidine rings is 1. The van der Waals surface area contributed by atoms with E-state index in [9.17, 15) is 9.59 Å². The zero-order valence-electron chi connectivity index (χ0n) is 14.9. The molecule has 2 amide bonds. The van der Waals surface area contributed by atoms with Crippen LogP contribution in [0.25, 0.3) is 0 Å². The maximum absolute atomic E-state index is 12.1. The van der Waals surface area contributed by atoms with E-state index in [4.69, 9.17) is 0 Å². The van der Waals surface area contributed by atoms with Gasteiger partial charge in [-0.1, -0.05) is 31.2 Å². The van der Waals surface area contributed by atoms with E-state index >= 15 is 0 Å². The molecule has 2 aliphatic heterocycles. The van der Waals surface area contributed by atoms with Crippen LogP contribution in [0, 0.1) is 5.92 Å². The van der Waals surface area contributed by atoms with Gasteiger partial charge in [0.05, 0.1) is 11.6 Å². The van der Waals surface area contributed by atoms with Gasteiger partial charge >= 0.3 is 0 Å². The zero-order chi connectivity index (χ0) is 17.6. The highest BCUT2D eigenvalue weighted by Gasteiger charge is 2.23. The number of carbonyl (C=O) groups excluding carboxylic acids is 2. The number of benzene rings is 1. The lowest BCUT2D eigenvalue weighted by atomic mass is 9.98. The minimum atomic E-state index is -0.0857. The summed E-state index contributed by atoms with van der Waals surface area (Å²) in [7, 11) is 0. The van der Waals surface area contributed by atoms with Crippen LogP contribution in [0.3, 0.4) is 0 Å². The van der Waals surface area contributed by atoms with Gasteiger partial charge in [-0.3, -0.25) is 14.5 Å². The van der Waals surface area contributed by atoms with Crippen LogP contribution in [0.5, 0.6) is 0 Å². The quantitative estimate of drug-likeness (QED) is 0.843. The molecule has 2 aliphatic rings. The van der Waals surface area contributed by atoms with Gasteiger partial charge in [-0.15, -0.1) is 11.8 Å². The Morgan fingerprint density at radius 3 is 2.64 bits per heavy atom. The molecule has 2 heterocycles. The Hall–Kier alpha value is -1.53. The molecule has 0 spiro atoms. The van der Waals surface area contributed by atoms with Gasteiger partial charge in [0.25, 0.3) is 0 Å². The predicted molar refractivity (Wildman–Crippen MR) is 101 cm³/mol. The maximum Gasteiger partial charge on any atom is 0.239 e. The number of nitrogens with one attached hydrogen (secondary N) is 1. The van der Waals surface area contributed by atoms with Gasteiger partial charge in [-0.25, -0.2) is 0 Å². The third kappa shape index (κ3) is 5.22. The molecular weight excluding hydrogens is 334 g/mol. The van der Waals surface area contributed by atoms with Gasteiger partial charge in [-0.2, -0.15) is 0 Å². The predicted octanol–water partition coefficient (Wildman–Crippen LogP) is 2.07. The number of likely N-dealkylation sites (tertiary alicyclic amines) is 1. The van der Waals surface area contributed by atoms with Crippen LogP contribution in [0.2, 0.25) is 0 Å². The van der Waals surface area contributed by atoms with Gasteiger partial charge in [0, 0.05) is 13.1 Å². The largest absolute Gasteiger partial charge is 0.350 e. The van der Waals surface area contributed by atoms with Crippen molar-refractivity contribution in [1.29, 1.82) is 0 Å². The van der Waals surface area contributed by atoms with E-state index in [-0.39, 0.29) is 18.4 Å². The average molecular weight is 362 g/mol. The first-order valence-electron chi connectivity index (χ1n) is 9.03. The van der Waals surface area contributed by atoms with E-state index < -0.39 is 0 Å². The Morgan fingerprint density at radius 1 is 1.24 bits per heavy atom. The first kappa shape index (κ1) is 18.3. The fourth-order valence-electron chi connectivity index (χ4n) is 3.31. The molecule has 6 heteroatoms. The molecule has 0 atom stereocenters. The molecule has 1 aromatic carbocycles. The van der Waals surface area contributed by atoms with Crippen LogP contribution >= 0.6 is 11.8 Å². The molecule has 25 heavy (non-hydrogen) atoms. The van der Waals surface area contributed by atoms with Crippen LogP contribution < -0.4 is 5.32 Å². The van der Waals surface area contributed by atoms with E-state index in [0.717, 1.165) is 31.1 Å². The van der Waals surface area contributed by atoms with Crippen molar-refractivity contribution < 1.29 is 9.59 Å². The summed E-state index contributed by atoms with van der Waals surface area (Å²) in [5.41, 5.74) is 2.45. The summed E-state index contributed by atoms with van der Waals surface area (Å²) < 4.78 is 0. The Balaban J connectivity index is 1.52. The monoisotopic (exact) mass is 361 g/mol. The molecule has 0 radical (unpaired) electrons. The summed E-state index contributed by atoms with van der Waals surface area (Å²) in [6, 6.07) is 8.32. The molecule has 0 aliphatic carbocycles. The van der Waals surface area contributed by atoms with E-state index in [0.29, 0.717) is 18.2 Å². The molecule has 0 bridgehead atoms. The standard InChI is InChI=1S/C19H27N3O2S/c1-15-6-8-21(9-7-15)11-17-5-3-2-4-16(17)10-20-18(23)12-22-14-25-13-19(22)24/h2-5,15H,6-14H2,1H3,(H,20,23). The highest BCUT2D eigenvalue weighted by atomic mass is 32.2. The van der Waals surface area contributed by atoms with Crippen LogP contribution in [0.1, 0.15) is 30.9 Å². The van der Waals surface area contributed by atoms with Crippen molar-refractivity contribution in [3.05, 3.63) is 35.4 Å². The third-order valence-electron chi connectivity index (χ3n) is 5.02. The summed E-state index contributed by atoms with van der Waals surface area (Å²) >= 11 is 1.56.